The molecular formula is C21H20ClN5O4S2. The number of nitrogens with zero attached hydrogens (tertiary/aromatic N) is 4. The van der Waals surface area contributed by atoms with E-state index in [0.29, 0.717) is 16.8 Å². The number of hydrogen-bond acceptors (Lipinski definition) is 7. The highest BCUT2D eigenvalue weighted by atomic mass is 35.5. The van der Waals surface area contributed by atoms with Crippen LogP contribution < -0.4 is 9.62 Å². The van der Waals surface area contributed by atoms with Crippen LogP contribution in [0, 0.1) is 6.92 Å². The molecular weight excluding hydrogens is 486 g/mol. The Kier molecular flexibility index (Phi) is 5.81. The number of anilines is 3. The van der Waals surface area contributed by atoms with E-state index in [-0.39, 0.29) is 21.6 Å². The van der Waals surface area contributed by atoms with Crippen LogP contribution in [-0.2, 0) is 20.0 Å². The molecule has 0 aliphatic rings. The van der Waals surface area contributed by atoms with E-state index >= 15 is 0 Å². The van der Waals surface area contributed by atoms with Gasteiger partial charge in [0.1, 0.15) is 5.82 Å². The third-order valence-electron chi connectivity index (χ3n) is 5.06. The Bertz CT molecular complexity index is 1570. The van der Waals surface area contributed by atoms with E-state index < -0.39 is 20.0 Å². The van der Waals surface area contributed by atoms with Gasteiger partial charge in [0, 0.05) is 13.2 Å². The first-order valence-corrected chi connectivity index (χ1v) is 13.3. The Morgan fingerprint density at radius 3 is 2.30 bits per heavy atom. The number of nitrogens with one attached hydrogen (secondary N) is 1. The second-order valence-electron chi connectivity index (χ2n) is 7.38. The topological polar surface area (TPSA) is 114 Å². The molecule has 0 fully saturated rings. The lowest BCUT2D eigenvalue weighted by Gasteiger charge is -2.20. The number of aromatic nitrogens is 3. The minimum atomic E-state index is -3.93. The summed E-state index contributed by atoms with van der Waals surface area (Å²) in [5.41, 5.74) is 1.85. The molecule has 12 heteroatoms. The number of para-hydroxylation sites is 2. The highest BCUT2D eigenvalue weighted by Gasteiger charge is 2.23. The smallest absolute Gasteiger partial charge is 0.269 e. The van der Waals surface area contributed by atoms with E-state index in [0.717, 1.165) is 20.1 Å². The number of fused-ring (bicyclic) bond motifs is 1. The lowest BCUT2D eigenvalue weighted by molar-refractivity contribution is 0.588. The van der Waals surface area contributed by atoms with Gasteiger partial charge in [0.25, 0.3) is 10.0 Å². The maximum atomic E-state index is 13.2. The van der Waals surface area contributed by atoms with Gasteiger partial charge in [-0.2, -0.15) is 9.97 Å². The molecule has 0 amide bonds. The molecule has 0 atom stereocenters. The third-order valence-corrected chi connectivity index (χ3v) is 8.10. The van der Waals surface area contributed by atoms with E-state index in [1.165, 1.54) is 25.4 Å². The minimum absolute atomic E-state index is 0.0898. The van der Waals surface area contributed by atoms with Crippen LogP contribution in [-0.4, -0.2) is 44.1 Å². The molecule has 0 spiro atoms. The summed E-state index contributed by atoms with van der Waals surface area (Å²) in [6.07, 6.45) is 2.48. The molecule has 0 aliphatic carbocycles. The summed E-state index contributed by atoms with van der Waals surface area (Å²) in [5.74, 6) is 0.234. The number of aryl methyl sites for hydroxylation is 1. The molecule has 0 saturated carbocycles. The summed E-state index contributed by atoms with van der Waals surface area (Å²) in [5, 5.41) is 3.30. The molecule has 1 N–H and O–H groups in total. The molecule has 0 bridgehead atoms. The fourth-order valence-electron chi connectivity index (χ4n) is 3.24. The first kappa shape index (κ1) is 23.0. The van der Waals surface area contributed by atoms with Crippen molar-refractivity contribution in [2.24, 2.45) is 0 Å². The van der Waals surface area contributed by atoms with Gasteiger partial charge in [-0.1, -0.05) is 29.8 Å². The van der Waals surface area contributed by atoms with Crippen LogP contribution >= 0.6 is 11.6 Å². The van der Waals surface area contributed by atoms with Crippen molar-refractivity contribution in [1.29, 1.82) is 0 Å². The zero-order valence-electron chi connectivity index (χ0n) is 17.9. The average Bonchev–Trinajstić information content (AvgIpc) is 3.18. The van der Waals surface area contributed by atoms with Gasteiger partial charge in [0.15, 0.2) is 5.65 Å². The zero-order valence-corrected chi connectivity index (χ0v) is 20.3. The van der Waals surface area contributed by atoms with Gasteiger partial charge < -0.3 is 5.32 Å². The first-order valence-electron chi connectivity index (χ1n) is 9.65. The predicted molar refractivity (Wildman–Crippen MR) is 129 cm³/mol. The van der Waals surface area contributed by atoms with Crippen molar-refractivity contribution in [3.63, 3.8) is 0 Å². The van der Waals surface area contributed by atoms with E-state index in [9.17, 15) is 16.8 Å². The van der Waals surface area contributed by atoms with Gasteiger partial charge in [-0.15, -0.1) is 0 Å². The number of benzene rings is 2. The van der Waals surface area contributed by atoms with Gasteiger partial charge in [0.2, 0.25) is 15.3 Å². The molecule has 0 aliphatic heterocycles. The van der Waals surface area contributed by atoms with Crippen LogP contribution in [0.25, 0.3) is 11.0 Å². The molecule has 0 radical (unpaired) electrons. The molecule has 2 aromatic heterocycles. The third kappa shape index (κ3) is 4.39. The summed E-state index contributed by atoms with van der Waals surface area (Å²) >= 11 is 6.13. The Morgan fingerprint density at radius 2 is 1.64 bits per heavy atom. The molecule has 9 nitrogen and oxygen atoms in total. The maximum absolute atomic E-state index is 13.2. The molecule has 2 aromatic carbocycles. The van der Waals surface area contributed by atoms with E-state index in [1.54, 1.807) is 42.5 Å². The van der Waals surface area contributed by atoms with Crippen molar-refractivity contribution in [1.82, 2.24) is 13.9 Å². The van der Waals surface area contributed by atoms with Crippen molar-refractivity contribution in [3.05, 3.63) is 71.6 Å². The molecule has 2 heterocycles. The lowest BCUT2D eigenvalue weighted by Crippen LogP contribution is -2.25. The average molecular weight is 506 g/mol. The van der Waals surface area contributed by atoms with Crippen LogP contribution in [0.4, 0.5) is 17.2 Å². The minimum Gasteiger partial charge on any atom is -0.338 e. The fourth-order valence-corrected chi connectivity index (χ4v) is 5.21. The van der Waals surface area contributed by atoms with Gasteiger partial charge >= 0.3 is 0 Å². The van der Waals surface area contributed by atoms with Crippen LogP contribution in [0.1, 0.15) is 5.56 Å². The Morgan fingerprint density at radius 1 is 0.970 bits per heavy atom. The molecule has 33 heavy (non-hydrogen) atoms. The number of rotatable bonds is 6. The van der Waals surface area contributed by atoms with Crippen LogP contribution in [0.15, 0.2) is 65.7 Å². The van der Waals surface area contributed by atoms with Crippen LogP contribution in [0.2, 0.25) is 5.28 Å². The maximum Gasteiger partial charge on any atom is 0.269 e. The van der Waals surface area contributed by atoms with E-state index in [1.807, 2.05) is 6.92 Å². The second-order valence-corrected chi connectivity index (χ2v) is 11.5. The lowest BCUT2D eigenvalue weighted by atomic mass is 10.2. The van der Waals surface area contributed by atoms with Crippen molar-refractivity contribution in [2.45, 2.75) is 11.8 Å². The molecule has 4 rings (SSSR count). The Hall–Kier alpha value is -3.15. The van der Waals surface area contributed by atoms with Crippen LogP contribution in [0.3, 0.4) is 0 Å². The van der Waals surface area contributed by atoms with Gasteiger partial charge in [0.05, 0.1) is 27.9 Å². The summed E-state index contributed by atoms with van der Waals surface area (Å²) in [6, 6.07) is 14.8. The van der Waals surface area contributed by atoms with Gasteiger partial charge in [-0.05, 0) is 48.9 Å². The predicted octanol–water partition coefficient (Wildman–Crippen LogP) is 3.77. The standard InChI is InChI=1S/C21H20ClN5O4S2/c1-14-8-10-15(11-9-14)33(30,31)27-13-12-16-19(24-21(22)25-20(16)27)23-17-6-4-5-7-18(17)26(2)32(3,28)29/h4-13H,1-3H3,(H,23,24,25). The van der Waals surface area contributed by atoms with Crippen molar-refractivity contribution < 1.29 is 16.8 Å². The van der Waals surface area contributed by atoms with Gasteiger partial charge in [-0.25, -0.2) is 20.8 Å². The monoisotopic (exact) mass is 505 g/mol. The quantitative estimate of drug-likeness (QED) is 0.397. The highest BCUT2D eigenvalue weighted by molar-refractivity contribution is 7.92. The molecule has 172 valence electrons. The first-order chi connectivity index (χ1) is 15.5. The summed E-state index contributed by atoms with van der Waals surface area (Å²) in [4.78, 5) is 8.45. The summed E-state index contributed by atoms with van der Waals surface area (Å²) in [7, 11) is -6.02. The van der Waals surface area contributed by atoms with Crippen LogP contribution in [0.5, 0.6) is 0 Å². The molecule has 0 saturated heterocycles. The Balaban J connectivity index is 1.83. The Labute approximate surface area is 196 Å². The fraction of sp³-hybridized carbons (Fsp3) is 0.143. The van der Waals surface area contributed by atoms with Crippen molar-refractivity contribution in [2.75, 3.05) is 22.9 Å². The summed E-state index contributed by atoms with van der Waals surface area (Å²) in [6.45, 7) is 1.87. The number of halogens is 1. The van der Waals surface area contributed by atoms with Gasteiger partial charge in [-0.3, -0.25) is 4.31 Å². The SMILES string of the molecule is Cc1ccc(S(=O)(=O)n2ccc3c(Nc4ccccc4N(C)S(C)(=O)=O)nc(Cl)nc32)cc1. The van der Waals surface area contributed by atoms with Crippen molar-refractivity contribution in [3.8, 4) is 0 Å². The number of sulfonamides is 1. The second kappa shape index (κ2) is 8.32. The van der Waals surface area contributed by atoms with E-state index in [2.05, 4.69) is 15.3 Å². The molecule has 4 aromatic rings. The highest BCUT2D eigenvalue weighted by Crippen LogP contribution is 2.33. The largest absolute Gasteiger partial charge is 0.338 e. The van der Waals surface area contributed by atoms with E-state index in [4.69, 9.17) is 11.6 Å². The normalized spacial score (nSPS) is 12.1. The number of hydrogen-bond donors (Lipinski definition) is 1. The summed E-state index contributed by atoms with van der Waals surface area (Å²) < 4.78 is 52.7. The van der Waals surface area contributed by atoms with Crippen molar-refractivity contribution >= 4 is 59.9 Å². The molecule has 0 unspecified atom stereocenters. The zero-order chi connectivity index (χ0) is 24.0.